The van der Waals surface area contributed by atoms with Crippen LogP contribution in [0.25, 0.3) is 0 Å². The normalized spacial score (nSPS) is 17.0. The van der Waals surface area contributed by atoms with Crippen molar-refractivity contribution in [3.8, 4) is 0 Å². The van der Waals surface area contributed by atoms with E-state index in [1.54, 1.807) is 17.0 Å². The first-order valence-electron chi connectivity index (χ1n) is 8.09. The molecule has 0 bridgehead atoms. The summed E-state index contributed by atoms with van der Waals surface area (Å²) in [5.74, 6) is -1.03. The maximum absolute atomic E-state index is 12.4. The molecule has 1 aromatic rings. The molecular weight excluding hydrogens is 330 g/mol. The summed E-state index contributed by atoms with van der Waals surface area (Å²) in [6.45, 7) is 2.86. The molecule has 0 aromatic heterocycles. The van der Waals surface area contributed by atoms with E-state index in [0.29, 0.717) is 13.1 Å². The van der Waals surface area contributed by atoms with Gasteiger partial charge in [-0.05, 0) is 31.9 Å². The van der Waals surface area contributed by atoms with Gasteiger partial charge in [-0.3, -0.25) is 4.79 Å². The number of hydrogen-bond donors (Lipinski definition) is 0. The van der Waals surface area contributed by atoms with Crippen LogP contribution in [0.5, 0.6) is 0 Å². The van der Waals surface area contributed by atoms with Gasteiger partial charge in [0.15, 0.2) is 15.9 Å². The molecule has 1 aliphatic rings. The number of likely N-dealkylation sites (tertiary alicyclic amines) is 1. The minimum atomic E-state index is -3.56. The van der Waals surface area contributed by atoms with Crippen LogP contribution in [0.1, 0.15) is 43.0 Å². The van der Waals surface area contributed by atoms with Crippen molar-refractivity contribution in [1.82, 2.24) is 4.90 Å². The lowest BCUT2D eigenvalue weighted by Crippen LogP contribution is -2.40. The highest BCUT2D eigenvalue weighted by Crippen LogP contribution is 2.18. The Kier molecular flexibility index (Phi) is 5.99. The molecular formula is C17H23NO5S. The summed E-state index contributed by atoms with van der Waals surface area (Å²) in [7, 11) is -3.56. The molecule has 6 nitrogen and oxygen atoms in total. The van der Waals surface area contributed by atoms with Crippen LogP contribution in [0.2, 0.25) is 0 Å². The smallest absolute Gasteiger partial charge is 0.340 e. The van der Waals surface area contributed by atoms with Crippen LogP contribution in [-0.2, 0) is 19.4 Å². The van der Waals surface area contributed by atoms with E-state index in [0.717, 1.165) is 31.9 Å². The summed E-state index contributed by atoms with van der Waals surface area (Å²) in [6, 6.07) is 5.85. The number of nitrogens with zero attached hydrogens (tertiary/aromatic N) is 1. The highest BCUT2D eigenvalue weighted by Gasteiger charge is 2.27. The maximum Gasteiger partial charge on any atom is 0.340 e. The first kappa shape index (κ1) is 18.4. The number of ether oxygens (including phenoxy) is 1. The molecule has 1 fully saturated rings. The Morgan fingerprint density at radius 2 is 1.67 bits per heavy atom. The van der Waals surface area contributed by atoms with Crippen molar-refractivity contribution < 1.29 is 22.7 Å². The molecule has 0 N–H and O–H groups in total. The Bertz CT molecular complexity index is 705. The fourth-order valence-electron chi connectivity index (χ4n) is 2.78. The van der Waals surface area contributed by atoms with Crippen molar-refractivity contribution in [3.63, 3.8) is 0 Å². The zero-order chi connectivity index (χ0) is 17.7. The molecule has 0 aliphatic carbocycles. The first-order valence-corrected chi connectivity index (χ1v) is 9.98. The number of amides is 1. The number of benzene rings is 1. The second-order valence-electron chi connectivity index (χ2n) is 6.06. The second kappa shape index (κ2) is 7.79. The van der Waals surface area contributed by atoms with E-state index < -0.39 is 21.9 Å². The van der Waals surface area contributed by atoms with E-state index in [-0.39, 0.29) is 16.4 Å². The monoisotopic (exact) mass is 353 g/mol. The zero-order valence-electron chi connectivity index (χ0n) is 14.0. The largest absolute Gasteiger partial charge is 0.449 e. The maximum atomic E-state index is 12.4. The van der Waals surface area contributed by atoms with Crippen LogP contribution in [0.4, 0.5) is 0 Å². The molecule has 0 spiro atoms. The lowest BCUT2D eigenvalue weighted by atomic mass is 10.2. The summed E-state index contributed by atoms with van der Waals surface area (Å²) >= 11 is 0. The van der Waals surface area contributed by atoms with Gasteiger partial charge in [0.2, 0.25) is 0 Å². The third-order valence-corrected chi connectivity index (χ3v) is 5.21. The number of esters is 1. The van der Waals surface area contributed by atoms with E-state index in [1.165, 1.54) is 19.1 Å². The number of hydrogen-bond acceptors (Lipinski definition) is 5. The van der Waals surface area contributed by atoms with Gasteiger partial charge in [0.05, 0.1) is 10.5 Å². The van der Waals surface area contributed by atoms with Gasteiger partial charge in [0, 0.05) is 19.3 Å². The van der Waals surface area contributed by atoms with Crippen LogP contribution in [0.15, 0.2) is 29.2 Å². The standard InChI is InChI=1S/C17H23NO5S/c1-13(16(19)18-11-7-3-4-8-12-18)23-17(20)14-9-5-6-10-15(14)24(2,21)22/h5-6,9-10,13H,3-4,7-8,11-12H2,1-2H3/t13-/m1/s1. The summed E-state index contributed by atoms with van der Waals surface area (Å²) in [5.41, 5.74) is -0.0458. The third kappa shape index (κ3) is 4.56. The summed E-state index contributed by atoms with van der Waals surface area (Å²) in [6.07, 6.45) is 4.18. The number of carbonyl (C=O) groups excluding carboxylic acids is 2. The molecule has 7 heteroatoms. The second-order valence-corrected chi connectivity index (χ2v) is 8.04. The number of sulfone groups is 1. The van der Waals surface area contributed by atoms with Crippen LogP contribution in [0.3, 0.4) is 0 Å². The average Bonchev–Trinajstić information content (AvgIpc) is 2.82. The molecule has 1 aliphatic heterocycles. The fraction of sp³-hybridized carbons (Fsp3) is 0.529. The first-order chi connectivity index (χ1) is 11.3. The van der Waals surface area contributed by atoms with Gasteiger partial charge >= 0.3 is 5.97 Å². The van der Waals surface area contributed by atoms with Gasteiger partial charge in [-0.25, -0.2) is 13.2 Å². The lowest BCUT2D eigenvalue weighted by Gasteiger charge is -2.24. The SMILES string of the molecule is C[C@@H](OC(=O)c1ccccc1S(C)(=O)=O)C(=O)N1CCCCCC1. The van der Waals surface area contributed by atoms with Crippen LogP contribution in [0, 0.1) is 0 Å². The molecule has 1 aromatic carbocycles. The van der Waals surface area contributed by atoms with Gasteiger partial charge in [0.25, 0.3) is 5.91 Å². The predicted octanol–water partition coefficient (Wildman–Crippen LogP) is 2.04. The van der Waals surface area contributed by atoms with E-state index in [9.17, 15) is 18.0 Å². The number of rotatable bonds is 4. The highest BCUT2D eigenvalue weighted by atomic mass is 32.2. The van der Waals surface area contributed by atoms with Crippen LogP contribution < -0.4 is 0 Å². The molecule has 0 saturated carbocycles. The topological polar surface area (TPSA) is 80.8 Å². The van der Waals surface area contributed by atoms with E-state index >= 15 is 0 Å². The Morgan fingerprint density at radius 3 is 2.25 bits per heavy atom. The van der Waals surface area contributed by atoms with Crippen molar-refractivity contribution in [2.75, 3.05) is 19.3 Å². The molecule has 24 heavy (non-hydrogen) atoms. The average molecular weight is 353 g/mol. The van der Waals surface area contributed by atoms with Crippen molar-refractivity contribution in [2.24, 2.45) is 0 Å². The van der Waals surface area contributed by atoms with Gasteiger partial charge in [-0.15, -0.1) is 0 Å². The third-order valence-electron chi connectivity index (χ3n) is 4.06. The Morgan fingerprint density at radius 1 is 1.08 bits per heavy atom. The van der Waals surface area contributed by atoms with E-state index in [2.05, 4.69) is 0 Å². The van der Waals surface area contributed by atoms with Crippen molar-refractivity contribution in [3.05, 3.63) is 29.8 Å². The van der Waals surface area contributed by atoms with Crippen LogP contribution in [-0.4, -0.2) is 50.6 Å². The Balaban J connectivity index is 2.10. The highest BCUT2D eigenvalue weighted by molar-refractivity contribution is 7.90. The summed E-state index contributed by atoms with van der Waals surface area (Å²) in [4.78, 5) is 26.4. The number of carbonyl (C=O) groups is 2. The Labute approximate surface area is 142 Å². The molecule has 1 saturated heterocycles. The van der Waals surface area contributed by atoms with Gasteiger partial charge in [0.1, 0.15) is 0 Å². The van der Waals surface area contributed by atoms with E-state index in [4.69, 9.17) is 4.74 Å². The van der Waals surface area contributed by atoms with E-state index in [1.807, 2.05) is 0 Å². The quantitative estimate of drug-likeness (QED) is 0.774. The molecule has 132 valence electrons. The van der Waals surface area contributed by atoms with Gasteiger partial charge in [-0.2, -0.15) is 0 Å². The predicted molar refractivity (Wildman–Crippen MR) is 89.5 cm³/mol. The Hall–Kier alpha value is -1.89. The molecule has 1 amide bonds. The minimum Gasteiger partial charge on any atom is -0.449 e. The van der Waals surface area contributed by atoms with Gasteiger partial charge in [-0.1, -0.05) is 25.0 Å². The molecule has 0 unspecified atom stereocenters. The zero-order valence-corrected chi connectivity index (χ0v) is 14.8. The van der Waals surface area contributed by atoms with Crippen molar-refractivity contribution >= 4 is 21.7 Å². The summed E-state index contributed by atoms with van der Waals surface area (Å²) in [5, 5.41) is 0. The molecule has 0 radical (unpaired) electrons. The fourth-order valence-corrected chi connectivity index (χ4v) is 3.66. The minimum absolute atomic E-state index is 0.0458. The summed E-state index contributed by atoms with van der Waals surface area (Å²) < 4.78 is 28.8. The van der Waals surface area contributed by atoms with Crippen molar-refractivity contribution in [2.45, 2.75) is 43.6 Å². The molecule has 1 atom stereocenters. The van der Waals surface area contributed by atoms with Gasteiger partial charge < -0.3 is 9.64 Å². The lowest BCUT2D eigenvalue weighted by molar-refractivity contribution is -0.139. The molecule has 1 heterocycles. The van der Waals surface area contributed by atoms with Crippen molar-refractivity contribution in [1.29, 1.82) is 0 Å². The van der Waals surface area contributed by atoms with Crippen LogP contribution >= 0.6 is 0 Å². The molecule has 2 rings (SSSR count).